The number of alkyl halides is 2. The van der Waals surface area contributed by atoms with Crippen molar-refractivity contribution < 1.29 is 41.3 Å². The Bertz CT molecular complexity index is 1820. The summed E-state index contributed by atoms with van der Waals surface area (Å²) in [7, 11) is 0. The molecule has 1 aliphatic heterocycles. The Balaban J connectivity index is 1.33. The number of halogens is 5. The van der Waals surface area contributed by atoms with E-state index in [9.17, 15) is 26.7 Å². The number of hydrogen-bond acceptors (Lipinski definition) is 4. The van der Waals surface area contributed by atoms with E-state index in [1.54, 1.807) is 0 Å². The third-order valence-corrected chi connectivity index (χ3v) is 7.26. The van der Waals surface area contributed by atoms with Crippen LogP contribution >= 0.6 is 0 Å². The highest BCUT2D eigenvalue weighted by Crippen LogP contribution is 2.43. The zero-order valence-corrected chi connectivity index (χ0v) is 21.7. The summed E-state index contributed by atoms with van der Waals surface area (Å²) in [6.07, 6.45) is 0.382. The molecule has 216 valence electrons. The van der Waals surface area contributed by atoms with E-state index in [0.29, 0.717) is 30.9 Å². The molecule has 0 bridgehead atoms. The summed E-state index contributed by atoms with van der Waals surface area (Å²) in [5, 5.41) is 8.84. The van der Waals surface area contributed by atoms with Gasteiger partial charge in [-0.05, 0) is 42.7 Å². The number of H-pyrrole nitrogens is 2. The van der Waals surface area contributed by atoms with E-state index in [-0.39, 0.29) is 34.9 Å². The highest BCUT2D eigenvalue weighted by Gasteiger charge is 2.29. The SMILES string of the molecule is O=C(O)CCc1cccc2c1OCCC2c1cnc(-c2cc(Oc3c(F)c(F)c4[nH]ccc4c3C(F)F)ccc2F)[nH]1. The molecule has 0 spiro atoms. The molecule has 0 amide bonds. The fourth-order valence-corrected chi connectivity index (χ4v) is 5.31. The van der Waals surface area contributed by atoms with Crippen molar-refractivity contribution in [1.29, 1.82) is 0 Å². The predicted molar refractivity (Wildman–Crippen MR) is 142 cm³/mol. The number of aromatic nitrogens is 3. The highest BCUT2D eigenvalue weighted by molar-refractivity contribution is 5.86. The number of aryl methyl sites for hydroxylation is 1. The van der Waals surface area contributed by atoms with Gasteiger partial charge in [0.05, 0.1) is 23.3 Å². The van der Waals surface area contributed by atoms with Gasteiger partial charge in [-0.25, -0.2) is 22.5 Å². The molecule has 1 atom stereocenters. The Hall–Kier alpha value is -4.87. The smallest absolute Gasteiger partial charge is 0.303 e. The van der Waals surface area contributed by atoms with Crippen LogP contribution in [0.1, 0.15) is 47.6 Å². The molecule has 1 aliphatic rings. The lowest BCUT2D eigenvalue weighted by atomic mass is 9.88. The molecule has 0 fully saturated rings. The molecule has 0 saturated heterocycles. The number of carbonyl (C=O) groups is 1. The standard InChI is InChI=1S/C30H22F5N3O4/c31-20-6-5-15(42-28-23(29(34)35)18-8-10-36-26(18)24(32)25(28)33)12-19(20)30-37-13-21(38-30)16-9-11-41-27-14(4-7-22(39)40)2-1-3-17(16)27/h1-3,5-6,8,10,12-13,16,29,36H,4,7,9,11H2,(H,37,38)(H,39,40). The molecular weight excluding hydrogens is 561 g/mol. The maximum absolute atomic E-state index is 15.0. The number of aliphatic carboxylic acids is 1. The second-order valence-corrected chi connectivity index (χ2v) is 9.79. The number of imidazole rings is 1. The van der Waals surface area contributed by atoms with Gasteiger partial charge in [-0.15, -0.1) is 0 Å². The highest BCUT2D eigenvalue weighted by atomic mass is 19.3. The van der Waals surface area contributed by atoms with Gasteiger partial charge in [0.2, 0.25) is 5.82 Å². The third-order valence-electron chi connectivity index (χ3n) is 7.26. The number of hydrogen-bond donors (Lipinski definition) is 3. The van der Waals surface area contributed by atoms with Gasteiger partial charge in [0.1, 0.15) is 23.1 Å². The van der Waals surface area contributed by atoms with Crippen LogP contribution in [0.4, 0.5) is 22.0 Å². The summed E-state index contributed by atoms with van der Waals surface area (Å²) in [6.45, 7) is 0.369. The fourth-order valence-electron chi connectivity index (χ4n) is 5.31. The van der Waals surface area contributed by atoms with Crippen molar-refractivity contribution in [3.8, 4) is 28.6 Å². The number of fused-ring (bicyclic) bond motifs is 2. The topological polar surface area (TPSA) is 100 Å². The quantitative estimate of drug-likeness (QED) is 0.163. The van der Waals surface area contributed by atoms with Gasteiger partial charge >= 0.3 is 5.97 Å². The van der Waals surface area contributed by atoms with Crippen molar-refractivity contribution in [2.24, 2.45) is 0 Å². The number of rotatable bonds is 8. The van der Waals surface area contributed by atoms with Crippen molar-refractivity contribution >= 4 is 16.9 Å². The predicted octanol–water partition coefficient (Wildman–Crippen LogP) is 7.64. The van der Waals surface area contributed by atoms with E-state index in [2.05, 4.69) is 15.0 Å². The number of nitrogens with zero attached hydrogens (tertiary/aromatic N) is 1. The summed E-state index contributed by atoms with van der Waals surface area (Å²) < 4.78 is 83.6. The van der Waals surface area contributed by atoms with Crippen LogP contribution in [0.5, 0.6) is 17.2 Å². The Kier molecular flexibility index (Phi) is 7.05. The van der Waals surface area contributed by atoms with Crippen molar-refractivity contribution in [2.75, 3.05) is 6.61 Å². The summed E-state index contributed by atoms with van der Waals surface area (Å²) >= 11 is 0. The molecule has 7 nitrogen and oxygen atoms in total. The van der Waals surface area contributed by atoms with Crippen molar-refractivity contribution in [3.63, 3.8) is 0 Å². The van der Waals surface area contributed by atoms with Gasteiger partial charge in [-0.1, -0.05) is 18.2 Å². The number of carboxylic acid groups (broad SMARTS) is 1. The van der Waals surface area contributed by atoms with E-state index in [0.717, 1.165) is 29.3 Å². The van der Waals surface area contributed by atoms with Crippen LogP contribution in [0.15, 0.2) is 54.9 Å². The summed E-state index contributed by atoms with van der Waals surface area (Å²) in [5.41, 5.74) is 0.901. The van der Waals surface area contributed by atoms with Gasteiger partial charge < -0.3 is 24.5 Å². The number of carboxylic acids is 1. The van der Waals surface area contributed by atoms with E-state index in [1.807, 2.05) is 18.2 Å². The lowest BCUT2D eigenvalue weighted by molar-refractivity contribution is -0.136. The Morgan fingerprint density at radius 1 is 1.14 bits per heavy atom. The molecule has 0 aliphatic carbocycles. The maximum atomic E-state index is 15.0. The fraction of sp³-hybridized carbons (Fsp3) is 0.200. The number of nitrogens with one attached hydrogen (secondary N) is 2. The van der Waals surface area contributed by atoms with Crippen molar-refractivity contribution in [3.05, 3.63) is 94.7 Å². The monoisotopic (exact) mass is 583 g/mol. The molecule has 6 rings (SSSR count). The molecule has 0 saturated carbocycles. The van der Waals surface area contributed by atoms with Crippen molar-refractivity contribution in [1.82, 2.24) is 15.0 Å². The van der Waals surface area contributed by atoms with E-state index < -0.39 is 46.7 Å². The number of para-hydroxylation sites is 1. The summed E-state index contributed by atoms with van der Waals surface area (Å²) in [5.74, 6) is -5.32. The normalized spacial score (nSPS) is 14.7. The molecule has 12 heteroatoms. The molecule has 0 radical (unpaired) electrons. The second kappa shape index (κ2) is 10.8. The lowest BCUT2D eigenvalue weighted by Crippen LogP contribution is -2.17. The Morgan fingerprint density at radius 2 is 1.98 bits per heavy atom. The minimum absolute atomic E-state index is 0.0508. The first kappa shape index (κ1) is 27.3. The molecule has 3 aromatic carbocycles. The lowest BCUT2D eigenvalue weighted by Gasteiger charge is -2.27. The molecule has 5 aromatic rings. The van der Waals surface area contributed by atoms with Crippen LogP contribution in [0.25, 0.3) is 22.3 Å². The van der Waals surface area contributed by atoms with Crippen LogP contribution < -0.4 is 9.47 Å². The molecule has 1 unspecified atom stereocenters. The first-order valence-electron chi connectivity index (χ1n) is 13.0. The number of ether oxygens (including phenoxy) is 2. The average Bonchev–Trinajstić information content (AvgIpc) is 3.66. The minimum Gasteiger partial charge on any atom is -0.493 e. The Labute approximate surface area is 234 Å². The second-order valence-electron chi connectivity index (χ2n) is 9.79. The first-order valence-corrected chi connectivity index (χ1v) is 13.0. The van der Waals surface area contributed by atoms with Crippen LogP contribution in [-0.4, -0.2) is 32.6 Å². The molecule has 3 heterocycles. The maximum Gasteiger partial charge on any atom is 0.303 e. The number of benzene rings is 3. The minimum atomic E-state index is -3.19. The molecule has 2 aromatic heterocycles. The van der Waals surface area contributed by atoms with Gasteiger partial charge in [0.15, 0.2) is 11.6 Å². The first-order chi connectivity index (χ1) is 20.2. The van der Waals surface area contributed by atoms with Crippen molar-refractivity contribution in [2.45, 2.75) is 31.6 Å². The molecular formula is C30H22F5N3O4. The largest absolute Gasteiger partial charge is 0.493 e. The van der Waals surface area contributed by atoms with E-state index >= 15 is 0 Å². The van der Waals surface area contributed by atoms with Gasteiger partial charge in [0.25, 0.3) is 6.43 Å². The zero-order chi connectivity index (χ0) is 29.5. The third kappa shape index (κ3) is 4.82. The van der Waals surface area contributed by atoms with Gasteiger partial charge in [-0.2, -0.15) is 4.39 Å². The van der Waals surface area contributed by atoms with Gasteiger partial charge in [0, 0.05) is 41.4 Å². The van der Waals surface area contributed by atoms with E-state index in [1.165, 1.54) is 18.5 Å². The van der Waals surface area contributed by atoms with Gasteiger partial charge in [-0.3, -0.25) is 4.79 Å². The summed E-state index contributed by atoms with van der Waals surface area (Å²) in [6, 6.07) is 9.97. The summed E-state index contributed by atoms with van der Waals surface area (Å²) in [4.78, 5) is 20.9. The van der Waals surface area contributed by atoms with Crippen LogP contribution in [0.2, 0.25) is 0 Å². The number of aromatic amines is 2. The van der Waals surface area contributed by atoms with Crippen LogP contribution in [0.3, 0.4) is 0 Å². The van der Waals surface area contributed by atoms with E-state index in [4.69, 9.17) is 14.6 Å². The zero-order valence-electron chi connectivity index (χ0n) is 21.7. The van der Waals surface area contributed by atoms with Crippen LogP contribution in [0, 0.1) is 17.5 Å². The van der Waals surface area contributed by atoms with Crippen LogP contribution in [-0.2, 0) is 11.2 Å². The molecule has 42 heavy (non-hydrogen) atoms. The molecule has 3 N–H and O–H groups in total. The Morgan fingerprint density at radius 3 is 2.76 bits per heavy atom. The average molecular weight is 584 g/mol.